The number of nitriles is 1. The Morgan fingerprint density at radius 1 is 1.45 bits per heavy atom. The largest absolute Gasteiger partial charge is 0.476 e. The van der Waals surface area contributed by atoms with Crippen LogP contribution in [0.5, 0.6) is 0 Å². The molecule has 7 nitrogen and oxygen atoms in total. The van der Waals surface area contributed by atoms with Crippen molar-refractivity contribution in [3.8, 4) is 6.07 Å². The van der Waals surface area contributed by atoms with Crippen molar-refractivity contribution in [1.29, 1.82) is 5.26 Å². The molecule has 1 fully saturated rings. The van der Waals surface area contributed by atoms with Crippen LogP contribution in [0.1, 0.15) is 34.5 Å². The van der Waals surface area contributed by atoms with Gasteiger partial charge in [-0.1, -0.05) is 11.8 Å². The van der Waals surface area contributed by atoms with Gasteiger partial charge in [0.1, 0.15) is 0 Å². The molecule has 0 bridgehead atoms. The van der Waals surface area contributed by atoms with Gasteiger partial charge >= 0.3 is 12.1 Å². The van der Waals surface area contributed by atoms with Gasteiger partial charge < -0.3 is 15.3 Å². The Hall–Kier alpha value is -2.78. The summed E-state index contributed by atoms with van der Waals surface area (Å²) in [6, 6.07) is 4.80. The Labute approximate surface area is 183 Å². The first kappa shape index (κ1) is 22.9. The number of likely N-dealkylation sites (tertiary alicyclic amines) is 1. The fourth-order valence-corrected chi connectivity index (χ4v) is 5.00. The molecule has 0 unspecified atom stereocenters. The van der Waals surface area contributed by atoms with Gasteiger partial charge in [-0.2, -0.15) is 18.4 Å². The summed E-state index contributed by atoms with van der Waals surface area (Å²) < 4.78 is 40.0. The predicted molar refractivity (Wildman–Crippen MR) is 109 cm³/mol. The number of nitrogens with one attached hydrogen (secondary N) is 1. The van der Waals surface area contributed by atoms with E-state index in [4.69, 9.17) is 10.4 Å². The van der Waals surface area contributed by atoms with E-state index < -0.39 is 23.3 Å². The first-order valence-corrected chi connectivity index (χ1v) is 11.0. The number of aromatic carboxylic acids is 1. The normalized spacial score (nSPS) is 16.4. The van der Waals surface area contributed by atoms with E-state index in [2.05, 4.69) is 10.3 Å². The highest BCUT2D eigenvalue weighted by Crippen LogP contribution is 2.33. The first-order chi connectivity index (χ1) is 14.7. The van der Waals surface area contributed by atoms with Crippen molar-refractivity contribution in [1.82, 2.24) is 9.88 Å². The van der Waals surface area contributed by atoms with Gasteiger partial charge in [-0.15, -0.1) is 11.3 Å². The summed E-state index contributed by atoms with van der Waals surface area (Å²) >= 11 is 2.56. The van der Waals surface area contributed by atoms with Gasteiger partial charge in [0, 0.05) is 42.4 Å². The highest BCUT2D eigenvalue weighted by molar-refractivity contribution is 8.01. The molecule has 1 aliphatic heterocycles. The van der Waals surface area contributed by atoms with E-state index in [1.807, 2.05) is 0 Å². The lowest BCUT2D eigenvalue weighted by molar-refractivity contribution is -0.137. The average molecular weight is 470 g/mol. The molecule has 2 N–H and O–H groups in total. The molecule has 2 heterocycles. The van der Waals surface area contributed by atoms with Crippen LogP contribution in [-0.2, 0) is 11.0 Å². The van der Waals surface area contributed by atoms with Gasteiger partial charge in [-0.25, -0.2) is 9.78 Å². The second-order valence-electron chi connectivity index (χ2n) is 6.68. The molecule has 31 heavy (non-hydrogen) atoms. The van der Waals surface area contributed by atoms with Crippen molar-refractivity contribution in [2.45, 2.75) is 29.4 Å². The number of thiazole rings is 1. The molecular formula is C19H17F3N4O3S2. The van der Waals surface area contributed by atoms with Gasteiger partial charge in [-0.3, -0.25) is 4.79 Å². The van der Waals surface area contributed by atoms with Crippen molar-refractivity contribution in [2.75, 3.05) is 24.2 Å². The average Bonchev–Trinajstić information content (AvgIpc) is 3.33. The van der Waals surface area contributed by atoms with Crippen LogP contribution in [0, 0.1) is 11.3 Å². The number of alkyl halides is 3. The number of carboxylic acids is 1. The molecule has 0 spiro atoms. The Kier molecular flexibility index (Phi) is 7.07. The summed E-state index contributed by atoms with van der Waals surface area (Å²) in [5.41, 5.74) is -1.24. The van der Waals surface area contributed by atoms with Crippen LogP contribution in [0.4, 0.5) is 18.9 Å². The molecular weight excluding hydrogens is 453 g/mol. The van der Waals surface area contributed by atoms with Crippen molar-refractivity contribution < 1.29 is 27.9 Å². The van der Waals surface area contributed by atoms with Crippen LogP contribution in [0.3, 0.4) is 0 Å². The Balaban J connectivity index is 1.57. The van der Waals surface area contributed by atoms with E-state index in [0.29, 0.717) is 29.5 Å². The summed E-state index contributed by atoms with van der Waals surface area (Å²) in [4.78, 5) is 28.8. The third-order valence-electron chi connectivity index (χ3n) is 4.70. The molecule has 0 radical (unpaired) electrons. The zero-order valence-corrected chi connectivity index (χ0v) is 17.6. The van der Waals surface area contributed by atoms with Crippen molar-refractivity contribution in [3.63, 3.8) is 0 Å². The van der Waals surface area contributed by atoms with Crippen LogP contribution in [-0.4, -0.2) is 51.8 Å². The number of anilines is 1. The van der Waals surface area contributed by atoms with Crippen molar-refractivity contribution >= 4 is 40.7 Å². The molecule has 2 aromatic rings. The quantitative estimate of drug-likeness (QED) is 0.563. The minimum atomic E-state index is -4.63. The molecule has 164 valence electrons. The standard InChI is InChI=1S/C19H17F3N4O3S2/c20-19(21,22)14-7-12(2-1-11(14)8-23)24-9-13-3-4-16(27)26(13)5-6-30-18-25-15(10-31-18)17(28)29/h1-2,7,10,13,24H,3-6,9H2,(H,28,29)/t13-/m1/s1. The number of carbonyl (C=O) groups excluding carboxylic acids is 1. The number of carbonyl (C=O) groups is 2. The summed E-state index contributed by atoms with van der Waals surface area (Å²) in [5.74, 6) is -0.613. The molecule has 0 saturated carbocycles. The minimum absolute atomic E-state index is 0.0209. The second-order valence-corrected chi connectivity index (χ2v) is 8.88. The van der Waals surface area contributed by atoms with E-state index in [1.54, 1.807) is 11.0 Å². The lowest BCUT2D eigenvalue weighted by Crippen LogP contribution is -2.39. The van der Waals surface area contributed by atoms with E-state index >= 15 is 0 Å². The van der Waals surface area contributed by atoms with Crippen molar-refractivity contribution in [2.24, 2.45) is 0 Å². The topological polar surface area (TPSA) is 106 Å². The second kappa shape index (κ2) is 9.57. The molecule has 0 aliphatic carbocycles. The zero-order valence-electron chi connectivity index (χ0n) is 16.0. The number of hydrogen-bond donors (Lipinski definition) is 2. The minimum Gasteiger partial charge on any atom is -0.476 e. The summed E-state index contributed by atoms with van der Waals surface area (Å²) in [6.45, 7) is 0.693. The van der Waals surface area contributed by atoms with Crippen LogP contribution in [0.2, 0.25) is 0 Å². The first-order valence-electron chi connectivity index (χ1n) is 9.15. The van der Waals surface area contributed by atoms with E-state index in [9.17, 15) is 22.8 Å². The molecule has 1 atom stereocenters. The fourth-order valence-electron chi connectivity index (χ4n) is 3.19. The third kappa shape index (κ3) is 5.68. The number of carboxylic acid groups (broad SMARTS) is 1. The zero-order chi connectivity index (χ0) is 22.6. The molecule has 1 amide bonds. The third-order valence-corrected chi connectivity index (χ3v) is 6.70. The van der Waals surface area contributed by atoms with Gasteiger partial charge in [0.2, 0.25) is 5.91 Å². The van der Waals surface area contributed by atoms with Gasteiger partial charge in [0.05, 0.1) is 17.2 Å². The van der Waals surface area contributed by atoms with Crippen LogP contribution in [0.25, 0.3) is 0 Å². The fraction of sp³-hybridized carbons (Fsp3) is 0.368. The number of thioether (sulfide) groups is 1. The number of rotatable bonds is 8. The molecule has 12 heteroatoms. The highest BCUT2D eigenvalue weighted by atomic mass is 32.2. The highest BCUT2D eigenvalue weighted by Gasteiger charge is 2.34. The van der Waals surface area contributed by atoms with Crippen LogP contribution >= 0.6 is 23.1 Å². The maximum Gasteiger partial charge on any atom is 0.417 e. The van der Waals surface area contributed by atoms with E-state index in [-0.39, 0.29) is 29.9 Å². The number of aromatic nitrogens is 1. The maximum atomic E-state index is 13.1. The Morgan fingerprint density at radius 2 is 2.23 bits per heavy atom. The van der Waals surface area contributed by atoms with Crippen LogP contribution < -0.4 is 5.32 Å². The number of halogens is 3. The molecule has 3 rings (SSSR count). The number of amides is 1. The lowest BCUT2D eigenvalue weighted by atomic mass is 10.1. The summed E-state index contributed by atoms with van der Waals surface area (Å²) in [7, 11) is 0. The number of nitrogens with zero attached hydrogens (tertiary/aromatic N) is 3. The molecule has 1 saturated heterocycles. The molecule has 1 aliphatic rings. The van der Waals surface area contributed by atoms with Gasteiger partial charge in [0.15, 0.2) is 10.0 Å². The molecule has 1 aromatic carbocycles. The predicted octanol–water partition coefficient (Wildman–Crippen LogP) is 3.93. The summed E-state index contributed by atoms with van der Waals surface area (Å²) in [5, 5.41) is 22.2. The van der Waals surface area contributed by atoms with E-state index in [1.165, 1.54) is 34.5 Å². The number of benzene rings is 1. The van der Waals surface area contributed by atoms with E-state index in [0.717, 1.165) is 12.1 Å². The smallest absolute Gasteiger partial charge is 0.417 e. The van der Waals surface area contributed by atoms with Gasteiger partial charge in [0.25, 0.3) is 0 Å². The number of hydrogen-bond acceptors (Lipinski definition) is 7. The maximum absolute atomic E-state index is 13.1. The SMILES string of the molecule is N#Cc1ccc(NC[C@H]2CCC(=O)N2CCSc2nc(C(=O)O)cs2)cc1C(F)(F)F. The Morgan fingerprint density at radius 3 is 2.87 bits per heavy atom. The Bertz CT molecular complexity index is 1020. The summed E-state index contributed by atoms with van der Waals surface area (Å²) in [6.07, 6.45) is -3.69. The van der Waals surface area contributed by atoms with Gasteiger partial charge in [-0.05, 0) is 24.6 Å². The van der Waals surface area contributed by atoms with Crippen molar-refractivity contribution in [3.05, 3.63) is 40.4 Å². The van der Waals surface area contributed by atoms with Crippen LogP contribution in [0.15, 0.2) is 27.9 Å². The molecule has 1 aromatic heterocycles. The lowest BCUT2D eigenvalue weighted by Gasteiger charge is -2.25. The monoisotopic (exact) mass is 470 g/mol.